The van der Waals surface area contributed by atoms with Crippen molar-refractivity contribution in [3.8, 4) is 5.75 Å². The van der Waals surface area contributed by atoms with Crippen LogP contribution in [0.1, 0.15) is 20.3 Å². The summed E-state index contributed by atoms with van der Waals surface area (Å²) < 4.78 is 6.78. The van der Waals surface area contributed by atoms with Gasteiger partial charge in [0.05, 0.1) is 12.8 Å². The summed E-state index contributed by atoms with van der Waals surface area (Å²) in [7, 11) is 0. The summed E-state index contributed by atoms with van der Waals surface area (Å²) >= 11 is 0. The minimum atomic E-state index is -0.126. The Labute approximate surface area is 95.2 Å². The normalized spacial score (nSPS) is 10.8. The van der Waals surface area contributed by atoms with E-state index in [1.165, 1.54) is 10.7 Å². The number of nitrogens with zero attached hydrogens (tertiary/aromatic N) is 2. The lowest BCUT2D eigenvalue weighted by molar-refractivity contribution is 0.308. The highest BCUT2D eigenvalue weighted by atomic mass is 16.5. The van der Waals surface area contributed by atoms with Gasteiger partial charge in [0.2, 0.25) is 0 Å². The summed E-state index contributed by atoms with van der Waals surface area (Å²) in [6.07, 6.45) is 2.34. The van der Waals surface area contributed by atoms with Gasteiger partial charge in [-0.25, -0.2) is 4.68 Å². The Morgan fingerprint density at radius 1 is 1.56 bits per heavy atom. The summed E-state index contributed by atoms with van der Waals surface area (Å²) in [6, 6.07) is 1.46. The van der Waals surface area contributed by atoms with E-state index in [-0.39, 0.29) is 5.56 Å². The van der Waals surface area contributed by atoms with Crippen LogP contribution in [0, 0.1) is 5.92 Å². The van der Waals surface area contributed by atoms with E-state index in [2.05, 4.69) is 5.10 Å². The van der Waals surface area contributed by atoms with Crippen LogP contribution in [0.4, 0.5) is 0 Å². The molecule has 5 nitrogen and oxygen atoms in total. The zero-order valence-electron chi connectivity index (χ0n) is 9.85. The van der Waals surface area contributed by atoms with Crippen LogP contribution in [0.15, 0.2) is 17.1 Å². The van der Waals surface area contributed by atoms with Crippen molar-refractivity contribution in [2.75, 3.05) is 13.2 Å². The maximum Gasteiger partial charge on any atom is 0.270 e. The van der Waals surface area contributed by atoms with Gasteiger partial charge in [0.25, 0.3) is 5.56 Å². The molecular formula is C11H19N3O2. The van der Waals surface area contributed by atoms with Crippen LogP contribution >= 0.6 is 0 Å². The molecule has 0 saturated heterocycles. The molecule has 1 aromatic heterocycles. The fourth-order valence-electron chi connectivity index (χ4n) is 1.25. The summed E-state index contributed by atoms with van der Waals surface area (Å²) in [5.74, 6) is 0.910. The van der Waals surface area contributed by atoms with Gasteiger partial charge in [-0.05, 0) is 18.9 Å². The van der Waals surface area contributed by atoms with Crippen LogP contribution in [0.25, 0.3) is 0 Å². The molecule has 0 aliphatic carbocycles. The highest BCUT2D eigenvalue weighted by Gasteiger charge is 2.02. The van der Waals surface area contributed by atoms with E-state index in [0.29, 0.717) is 31.4 Å². The first-order valence-electron chi connectivity index (χ1n) is 5.53. The molecule has 0 radical (unpaired) electrons. The molecule has 0 fully saturated rings. The second-order valence-corrected chi connectivity index (χ2v) is 4.10. The van der Waals surface area contributed by atoms with Gasteiger partial charge < -0.3 is 10.5 Å². The lowest BCUT2D eigenvalue weighted by atomic mass is 10.2. The number of hydrogen-bond donors (Lipinski definition) is 1. The molecule has 0 spiro atoms. The number of aromatic nitrogens is 2. The maximum absolute atomic E-state index is 11.6. The van der Waals surface area contributed by atoms with E-state index < -0.39 is 0 Å². The smallest absolute Gasteiger partial charge is 0.270 e. The second-order valence-electron chi connectivity index (χ2n) is 4.10. The quantitative estimate of drug-likeness (QED) is 0.721. The third-order valence-electron chi connectivity index (χ3n) is 2.00. The Balaban J connectivity index is 2.64. The third kappa shape index (κ3) is 4.02. The van der Waals surface area contributed by atoms with Crippen LogP contribution in [0.3, 0.4) is 0 Å². The Morgan fingerprint density at radius 2 is 2.31 bits per heavy atom. The van der Waals surface area contributed by atoms with E-state index in [1.54, 1.807) is 6.20 Å². The Bertz CT molecular complexity index is 374. The van der Waals surface area contributed by atoms with Crippen molar-refractivity contribution in [1.82, 2.24) is 9.78 Å². The van der Waals surface area contributed by atoms with Gasteiger partial charge in [-0.3, -0.25) is 4.79 Å². The number of rotatable bonds is 6. The molecular weight excluding hydrogens is 206 g/mol. The predicted octanol–water partition coefficient (Wildman–Crippen LogP) is 0.627. The van der Waals surface area contributed by atoms with Crippen molar-refractivity contribution in [3.05, 3.63) is 22.6 Å². The number of ether oxygens (including phenoxy) is 1. The van der Waals surface area contributed by atoms with Crippen molar-refractivity contribution in [3.63, 3.8) is 0 Å². The molecule has 0 bridgehead atoms. The molecule has 1 heterocycles. The highest BCUT2D eigenvalue weighted by Crippen LogP contribution is 2.04. The molecule has 0 unspecified atom stereocenters. The fourth-order valence-corrected chi connectivity index (χ4v) is 1.25. The van der Waals surface area contributed by atoms with Crippen LogP contribution in [0.5, 0.6) is 5.75 Å². The van der Waals surface area contributed by atoms with Crippen molar-refractivity contribution in [1.29, 1.82) is 0 Å². The van der Waals surface area contributed by atoms with Gasteiger partial charge in [-0.15, -0.1) is 0 Å². The number of nitrogens with two attached hydrogens (primary N) is 1. The maximum atomic E-state index is 11.6. The lowest BCUT2D eigenvalue weighted by Gasteiger charge is -2.08. The van der Waals surface area contributed by atoms with E-state index in [9.17, 15) is 4.79 Å². The topological polar surface area (TPSA) is 70.1 Å². The van der Waals surface area contributed by atoms with Crippen LogP contribution in [0.2, 0.25) is 0 Å². The van der Waals surface area contributed by atoms with Gasteiger partial charge in [0, 0.05) is 12.6 Å². The molecule has 2 N–H and O–H groups in total. The monoisotopic (exact) mass is 225 g/mol. The van der Waals surface area contributed by atoms with Gasteiger partial charge in [0.1, 0.15) is 5.75 Å². The Hall–Kier alpha value is -1.36. The highest BCUT2D eigenvalue weighted by molar-refractivity contribution is 5.13. The first-order valence-corrected chi connectivity index (χ1v) is 5.53. The molecule has 90 valence electrons. The van der Waals surface area contributed by atoms with Gasteiger partial charge in [-0.2, -0.15) is 5.10 Å². The molecule has 16 heavy (non-hydrogen) atoms. The average Bonchev–Trinajstić information content (AvgIpc) is 2.22. The predicted molar refractivity (Wildman–Crippen MR) is 62.5 cm³/mol. The Kier molecular flexibility index (Phi) is 4.98. The van der Waals surface area contributed by atoms with E-state index in [4.69, 9.17) is 10.5 Å². The Morgan fingerprint density at radius 3 is 2.88 bits per heavy atom. The standard InChI is InChI=1S/C11H19N3O2/c1-9(2)8-14-11(15)6-10(7-13-14)16-5-3-4-12/h6-7,9H,3-5,8,12H2,1-2H3. The van der Waals surface area contributed by atoms with Crippen molar-refractivity contribution in [2.45, 2.75) is 26.8 Å². The number of hydrogen-bond acceptors (Lipinski definition) is 4. The van der Waals surface area contributed by atoms with Crippen molar-refractivity contribution >= 4 is 0 Å². The summed E-state index contributed by atoms with van der Waals surface area (Å²) in [6.45, 7) is 5.81. The summed E-state index contributed by atoms with van der Waals surface area (Å²) in [5, 5.41) is 4.05. The first-order chi connectivity index (χ1) is 7.63. The summed E-state index contributed by atoms with van der Waals surface area (Å²) in [5.41, 5.74) is 5.21. The SMILES string of the molecule is CC(C)Cn1ncc(OCCCN)cc1=O. The molecule has 0 amide bonds. The van der Waals surface area contributed by atoms with Gasteiger partial charge in [-0.1, -0.05) is 13.8 Å². The molecule has 0 atom stereocenters. The average molecular weight is 225 g/mol. The van der Waals surface area contributed by atoms with E-state index in [1.807, 2.05) is 13.8 Å². The minimum Gasteiger partial charge on any atom is -0.492 e. The second kappa shape index (κ2) is 6.27. The van der Waals surface area contributed by atoms with Gasteiger partial charge in [0.15, 0.2) is 0 Å². The molecule has 5 heteroatoms. The molecule has 1 rings (SSSR count). The zero-order chi connectivity index (χ0) is 12.0. The van der Waals surface area contributed by atoms with E-state index >= 15 is 0 Å². The third-order valence-corrected chi connectivity index (χ3v) is 2.00. The lowest BCUT2D eigenvalue weighted by Crippen LogP contribution is -2.24. The fraction of sp³-hybridized carbons (Fsp3) is 0.636. The van der Waals surface area contributed by atoms with Crippen molar-refractivity contribution in [2.24, 2.45) is 11.7 Å². The zero-order valence-corrected chi connectivity index (χ0v) is 9.85. The summed E-state index contributed by atoms with van der Waals surface area (Å²) in [4.78, 5) is 11.6. The molecule has 1 aromatic rings. The van der Waals surface area contributed by atoms with Gasteiger partial charge >= 0.3 is 0 Å². The molecule has 0 aliphatic rings. The van der Waals surface area contributed by atoms with Crippen LogP contribution in [-0.4, -0.2) is 22.9 Å². The van der Waals surface area contributed by atoms with E-state index in [0.717, 1.165) is 6.42 Å². The molecule has 0 aromatic carbocycles. The molecule has 0 aliphatic heterocycles. The minimum absolute atomic E-state index is 0.126. The first kappa shape index (κ1) is 12.7. The molecule has 0 saturated carbocycles. The van der Waals surface area contributed by atoms with Crippen molar-refractivity contribution < 1.29 is 4.74 Å². The van der Waals surface area contributed by atoms with Crippen LogP contribution in [-0.2, 0) is 6.54 Å². The van der Waals surface area contributed by atoms with Crippen LogP contribution < -0.4 is 16.0 Å². The largest absolute Gasteiger partial charge is 0.492 e.